The van der Waals surface area contributed by atoms with Gasteiger partial charge in [0.15, 0.2) is 0 Å². The standard InChI is InChI=1S/C14H15ClFNS/c1-2-8-17-14(12-7-4-9-18-12)10-5-3-6-11(16)13(10)15/h3-7,9,14,17H,2,8H2,1H3. The molecule has 0 amide bonds. The first-order valence-electron chi connectivity index (χ1n) is 5.94. The fourth-order valence-corrected chi connectivity index (χ4v) is 2.90. The van der Waals surface area contributed by atoms with Crippen molar-refractivity contribution in [2.75, 3.05) is 6.54 Å². The zero-order chi connectivity index (χ0) is 13.0. The van der Waals surface area contributed by atoms with Gasteiger partial charge in [-0.3, -0.25) is 0 Å². The van der Waals surface area contributed by atoms with Crippen molar-refractivity contribution in [2.24, 2.45) is 0 Å². The lowest BCUT2D eigenvalue weighted by atomic mass is 10.0. The molecule has 1 N–H and O–H groups in total. The Morgan fingerprint density at radius 2 is 2.17 bits per heavy atom. The minimum atomic E-state index is -0.367. The Balaban J connectivity index is 2.37. The van der Waals surface area contributed by atoms with Gasteiger partial charge < -0.3 is 5.32 Å². The van der Waals surface area contributed by atoms with Gasteiger partial charge >= 0.3 is 0 Å². The molecule has 1 heterocycles. The highest BCUT2D eigenvalue weighted by atomic mass is 35.5. The van der Waals surface area contributed by atoms with Crippen molar-refractivity contribution in [3.8, 4) is 0 Å². The molecule has 0 bridgehead atoms. The molecule has 0 saturated heterocycles. The highest BCUT2D eigenvalue weighted by Gasteiger charge is 2.18. The first-order chi connectivity index (χ1) is 8.74. The molecule has 1 atom stereocenters. The monoisotopic (exact) mass is 283 g/mol. The molecule has 1 unspecified atom stereocenters. The summed E-state index contributed by atoms with van der Waals surface area (Å²) in [6.07, 6.45) is 1.02. The van der Waals surface area contributed by atoms with Crippen LogP contribution in [0.5, 0.6) is 0 Å². The van der Waals surface area contributed by atoms with Gasteiger partial charge in [0.25, 0.3) is 0 Å². The van der Waals surface area contributed by atoms with Crippen molar-refractivity contribution in [1.29, 1.82) is 0 Å². The number of hydrogen-bond donors (Lipinski definition) is 1. The molecule has 18 heavy (non-hydrogen) atoms. The van der Waals surface area contributed by atoms with Crippen LogP contribution in [-0.4, -0.2) is 6.54 Å². The van der Waals surface area contributed by atoms with Crippen LogP contribution in [0.25, 0.3) is 0 Å². The Morgan fingerprint density at radius 3 is 2.83 bits per heavy atom. The number of rotatable bonds is 5. The molecule has 0 fully saturated rings. The second kappa shape index (κ2) is 6.32. The zero-order valence-corrected chi connectivity index (χ0v) is 11.7. The molecule has 0 aliphatic carbocycles. The highest BCUT2D eigenvalue weighted by molar-refractivity contribution is 7.10. The van der Waals surface area contributed by atoms with Gasteiger partial charge in [-0.25, -0.2) is 4.39 Å². The summed E-state index contributed by atoms with van der Waals surface area (Å²) < 4.78 is 13.5. The third-order valence-corrected chi connectivity index (χ3v) is 4.05. The highest BCUT2D eigenvalue weighted by Crippen LogP contribution is 2.32. The van der Waals surface area contributed by atoms with E-state index in [2.05, 4.69) is 12.2 Å². The lowest BCUT2D eigenvalue weighted by molar-refractivity contribution is 0.591. The van der Waals surface area contributed by atoms with Crippen LogP contribution in [0.1, 0.15) is 29.8 Å². The van der Waals surface area contributed by atoms with Crippen molar-refractivity contribution in [3.63, 3.8) is 0 Å². The molecule has 1 nitrogen and oxygen atoms in total. The minimum absolute atomic E-state index is 0.0341. The molecule has 0 radical (unpaired) electrons. The molecular weight excluding hydrogens is 269 g/mol. The van der Waals surface area contributed by atoms with Crippen molar-refractivity contribution in [2.45, 2.75) is 19.4 Å². The van der Waals surface area contributed by atoms with E-state index >= 15 is 0 Å². The van der Waals surface area contributed by atoms with Crippen molar-refractivity contribution in [1.82, 2.24) is 5.32 Å². The van der Waals surface area contributed by atoms with E-state index in [1.807, 2.05) is 23.6 Å². The number of hydrogen-bond acceptors (Lipinski definition) is 2. The molecule has 96 valence electrons. The minimum Gasteiger partial charge on any atom is -0.306 e. The quantitative estimate of drug-likeness (QED) is 0.844. The second-order valence-corrected chi connectivity index (χ2v) is 5.40. The topological polar surface area (TPSA) is 12.0 Å². The maximum atomic E-state index is 13.5. The van der Waals surface area contributed by atoms with E-state index in [0.717, 1.165) is 23.4 Å². The molecular formula is C14H15ClFNS. The third kappa shape index (κ3) is 2.91. The van der Waals surface area contributed by atoms with Crippen molar-refractivity contribution in [3.05, 3.63) is 57.0 Å². The van der Waals surface area contributed by atoms with Crippen LogP contribution in [0.2, 0.25) is 5.02 Å². The SMILES string of the molecule is CCCNC(c1cccs1)c1cccc(F)c1Cl. The van der Waals surface area contributed by atoms with Gasteiger partial charge in [-0.05, 0) is 36.0 Å². The molecule has 1 aromatic carbocycles. The number of halogens is 2. The number of nitrogens with one attached hydrogen (secondary N) is 1. The predicted octanol–water partition coefficient (Wildman–Crippen LogP) is 4.63. The second-order valence-electron chi connectivity index (χ2n) is 4.05. The number of benzene rings is 1. The van der Waals surface area contributed by atoms with E-state index in [-0.39, 0.29) is 16.9 Å². The first kappa shape index (κ1) is 13.5. The Bertz CT molecular complexity index is 499. The molecule has 4 heteroatoms. The molecule has 1 aromatic heterocycles. The summed E-state index contributed by atoms with van der Waals surface area (Å²) in [6, 6.07) is 8.96. The van der Waals surface area contributed by atoms with Gasteiger partial charge in [0, 0.05) is 4.88 Å². The molecule has 0 saturated carbocycles. The largest absolute Gasteiger partial charge is 0.306 e. The van der Waals surface area contributed by atoms with E-state index in [9.17, 15) is 4.39 Å². The smallest absolute Gasteiger partial charge is 0.142 e. The Labute approximate surface area is 116 Å². The predicted molar refractivity (Wildman–Crippen MR) is 75.9 cm³/mol. The van der Waals surface area contributed by atoms with E-state index < -0.39 is 0 Å². The van der Waals surface area contributed by atoms with Crippen LogP contribution >= 0.6 is 22.9 Å². The van der Waals surface area contributed by atoms with Crippen LogP contribution in [0.3, 0.4) is 0 Å². The third-order valence-electron chi connectivity index (χ3n) is 2.72. The van der Waals surface area contributed by atoms with Crippen LogP contribution < -0.4 is 5.32 Å². The summed E-state index contributed by atoms with van der Waals surface area (Å²) in [4.78, 5) is 1.15. The molecule has 2 aromatic rings. The Morgan fingerprint density at radius 1 is 1.33 bits per heavy atom. The van der Waals surface area contributed by atoms with Gasteiger partial charge in [-0.1, -0.05) is 36.7 Å². The van der Waals surface area contributed by atoms with Gasteiger partial charge in [0.1, 0.15) is 5.82 Å². The molecule has 0 spiro atoms. The average molecular weight is 284 g/mol. The normalized spacial score (nSPS) is 12.6. The van der Waals surface area contributed by atoms with E-state index in [0.29, 0.717) is 0 Å². The van der Waals surface area contributed by atoms with E-state index in [4.69, 9.17) is 11.6 Å². The summed E-state index contributed by atoms with van der Waals surface area (Å²) in [6.45, 7) is 2.97. The fraction of sp³-hybridized carbons (Fsp3) is 0.286. The Kier molecular flexibility index (Phi) is 4.75. The maximum absolute atomic E-state index is 13.5. The first-order valence-corrected chi connectivity index (χ1v) is 7.20. The van der Waals surface area contributed by atoms with Crippen molar-refractivity contribution >= 4 is 22.9 Å². The zero-order valence-electron chi connectivity index (χ0n) is 10.1. The summed E-state index contributed by atoms with van der Waals surface area (Å²) >= 11 is 7.72. The van der Waals surface area contributed by atoms with E-state index in [1.54, 1.807) is 17.4 Å². The van der Waals surface area contributed by atoms with Gasteiger partial charge in [0.05, 0.1) is 11.1 Å². The summed E-state index contributed by atoms with van der Waals surface area (Å²) in [7, 11) is 0. The lowest BCUT2D eigenvalue weighted by Gasteiger charge is -2.19. The van der Waals surface area contributed by atoms with Crippen LogP contribution in [0.15, 0.2) is 35.7 Å². The number of thiophene rings is 1. The maximum Gasteiger partial charge on any atom is 0.142 e. The average Bonchev–Trinajstić information content (AvgIpc) is 2.88. The van der Waals surface area contributed by atoms with Crippen LogP contribution in [-0.2, 0) is 0 Å². The molecule has 2 rings (SSSR count). The van der Waals surface area contributed by atoms with E-state index in [1.165, 1.54) is 6.07 Å². The lowest BCUT2D eigenvalue weighted by Crippen LogP contribution is -2.22. The van der Waals surface area contributed by atoms with Gasteiger partial charge in [-0.2, -0.15) is 0 Å². The summed E-state index contributed by atoms with van der Waals surface area (Å²) in [5.41, 5.74) is 0.799. The fourth-order valence-electron chi connectivity index (χ4n) is 1.85. The van der Waals surface area contributed by atoms with Crippen LogP contribution in [0, 0.1) is 5.82 Å². The van der Waals surface area contributed by atoms with Crippen molar-refractivity contribution < 1.29 is 4.39 Å². The summed E-state index contributed by atoms with van der Waals surface area (Å²) in [5, 5.41) is 5.64. The Hall–Kier alpha value is -0.900. The van der Waals surface area contributed by atoms with Gasteiger partial charge in [-0.15, -0.1) is 11.3 Å². The molecule has 0 aliphatic rings. The summed E-state index contributed by atoms with van der Waals surface area (Å²) in [5.74, 6) is -0.367. The van der Waals surface area contributed by atoms with Crippen LogP contribution in [0.4, 0.5) is 4.39 Å². The molecule has 0 aliphatic heterocycles. The van der Waals surface area contributed by atoms with Gasteiger partial charge in [0.2, 0.25) is 0 Å².